The van der Waals surface area contributed by atoms with Gasteiger partial charge in [0.05, 0.1) is 22.3 Å². The molecule has 120 valence electrons. The van der Waals surface area contributed by atoms with Gasteiger partial charge in [-0.3, -0.25) is 0 Å². The molecule has 0 aliphatic rings. The molecule has 2 rings (SSSR count). The van der Waals surface area contributed by atoms with E-state index in [9.17, 15) is 19.2 Å². The SMILES string of the molecule is O.O=C(O)c1ccc(C(=O)O)c2c(C(=O)O)ccc(C(=O)O)c12. The monoisotopic (exact) mass is 322 g/mol. The maximum absolute atomic E-state index is 11.3. The first kappa shape index (κ1) is 17.6. The summed E-state index contributed by atoms with van der Waals surface area (Å²) in [5.74, 6) is -5.97. The van der Waals surface area contributed by atoms with Crippen molar-refractivity contribution in [3.63, 3.8) is 0 Å². The highest BCUT2D eigenvalue weighted by Crippen LogP contribution is 2.30. The predicted molar refractivity (Wildman–Crippen MR) is 75.4 cm³/mol. The maximum Gasteiger partial charge on any atom is 0.336 e. The standard InChI is InChI=1S/C14H8O8.H2O/c15-11(16)5-1-2-6(12(17)18)10-8(14(21)22)4-3-7(9(5)10)13(19)20;/h1-4H,(H,15,16)(H,17,18)(H,19,20)(H,21,22);1H2. The lowest BCUT2D eigenvalue weighted by Crippen LogP contribution is -2.11. The van der Waals surface area contributed by atoms with Crippen LogP contribution in [0.2, 0.25) is 0 Å². The van der Waals surface area contributed by atoms with Gasteiger partial charge in [-0.25, -0.2) is 19.2 Å². The van der Waals surface area contributed by atoms with Crippen LogP contribution in [0.15, 0.2) is 24.3 Å². The Balaban J connectivity index is 0.00000264. The quantitative estimate of drug-likeness (QED) is 0.637. The number of fused-ring (bicyclic) bond motifs is 1. The van der Waals surface area contributed by atoms with Gasteiger partial charge in [-0.2, -0.15) is 0 Å². The van der Waals surface area contributed by atoms with Crippen LogP contribution in [0.5, 0.6) is 0 Å². The molecule has 0 radical (unpaired) electrons. The summed E-state index contributed by atoms with van der Waals surface area (Å²) in [6.07, 6.45) is 0. The van der Waals surface area contributed by atoms with Gasteiger partial charge in [0.2, 0.25) is 0 Å². The van der Waals surface area contributed by atoms with Crippen molar-refractivity contribution in [3.05, 3.63) is 46.5 Å². The van der Waals surface area contributed by atoms with E-state index in [1.54, 1.807) is 0 Å². The Hall–Kier alpha value is -3.46. The third-order valence-electron chi connectivity index (χ3n) is 3.08. The van der Waals surface area contributed by atoms with E-state index < -0.39 is 56.9 Å². The van der Waals surface area contributed by atoms with Crippen LogP contribution in [-0.4, -0.2) is 49.8 Å². The molecule has 0 unspecified atom stereocenters. The molecule has 2 aromatic rings. The van der Waals surface area contributed by atoms with Crippen LogP contribution in [0, 0.1) is 0 Å². The van der Waals surface area contributed by atoms with Gasteiger partial charge in [-0.15, -0.1) is 0 Å². The molecule has 0 heterocycles. The van der Waals surface area contributed by atoms with Crippen LogP contribution >= 0.6 is 0 Å². The van der Waals surface area contributed by atoms with Crippen molar-refractivity contribution in [1.29, 1.82) is 0 Å². The zero-order valence-corrected chi connectivity index (χ0v) is 11.2. The first-order valence-electron chi connectivity index (χ1n) is 5.78. The largest absolute Gasteiger partial charge is 0.478 e. The summed E-state index contributed by atoms with van der Waals surface area (Å²) in [5, 5.41) is 35.8. The summed E-state index contributed by atoms with van der Waals surface area (Å²) >= 11 is 0. The van der Waals surface area contributed by atoms with Crippen molar-refractivity contribution in [2.45, 2.75) is 0 Å². The van der Waals surface area contributed by atoms with Gasteiger partial charge >= 0.3 is 23.9 Å². The van der Waals surface area contributed by atoms with E-state index in [2.05, 4.69) is 0 Å². The van der Waals surface area contributed by atoms with Gasteiger partial charge in [0.1, 0.15) is 0 Å². The van der Waals surface area contributed by atoms with Crippen LogP contribution in [0.3, 0.4) is 0 Å². The Morgan fingerprint density at radius 2 is 0.696 bits per heavy atom. The van der Waals surface area contributed by atoms with Gasteiger partial charge in [-0.05, 0) is 24.3 Å². The highest BCUT2D eigenvalue weighted by atomic mass is 16.4. The molecule has 23 heavy (non-hydrogen) atoms. The minimum atomic E-state index is -1.49. The molecule has 0 spiro atoms. The van der Waals surface area contributed by atoms with E-state index in [4.69, 9.17) is 20.4 Å². The minimum Gasteiger partial charge on any atom is -0.478 e. The second-order valence-electron chi connectivity index (χ2n) is 4.29. The summed E-state index contributed by atoms with van der Waals surface area (Å²) in [6, 6.07) is 3.75. The number of carbonyl (C=O) groups is 4. The third-order valence-corrected chi connectivity index (χ3v) is 3.08. The van der Waals surface area contributed by atoms with Crippen LogP contribution < -0.4 is 0 Å². The molecule has 0 atom stereocenters. The highest BCUT2D eigenvalue weighted by Gasteiger charge is 2.24. The second kappa shape index (κ2) is 6.12. The molecule has 0 bridgehead atoms. The van der Waals surface area contributed by atoms with Gasteiger partial charge in [0.25, 0.3) is 0 Å². The Morgan fingerprint density at radius 3 is 0.826 bits per heavy atom. The minimum absolute atomic E-state index is 0. The third kappa shape index (κ3) is 2.80. The van der Waals surface area contributed by atoms with Crippen molar-refractivity contribution < 1.29 is 45.1 Å². The van der Waals surface area contributed by atoms with E-state index >= 15 is 0 Å². The lowest BCUT2D eigenvalue weighted by atomic mass is 9.91. The molecule has 6 N–H and O–H groups in total. The summed E-state index contributed by atoms with van der Waals surface area (Å²) in [5.41, 5.74) is -1.94. The average molecular weight is 322 g/mol. The lowest BCUT2D eigenvalue weighted by Gasteiger charge is -2.11. The lowest BCUT2D eigenvalue weighted by molar-refractivity contribution is 0.0675. The van der Waals surface area contributed by atoms with Crippen molar-refractivity contribution in [1.82, 2.24) is 0 Å². The van der Waals surface area contributed by atoms with Crippen molar-refractivity contribution in [2.75, 3.05) is 0 Å². The van der Waals surface area contributed by atoms with Gasteiger partial charge in [0.15, 0.2) is 0 Å². The first-order chi connectivity index (χ1) is 10.3. The van der Waals surface area contributed by atoms with E-state index in [1.165, 1.54) is 0 Å². The summed E-state index contributed by atoms with van der Waals surface area (Å²) in [4.78, 5) is 45.1. The first-order valence-corrected chi connectivity index (χ1v) is 5.78. The molecule has 0 aliphatic heterocycles. The van der Waals surface area contributed by atoms with Crippen LogP contribution in [0.25, 0.3) is 10.8 Å². The number of rotatable bonds is 4. The van der Waals surface area contributed by atoms with Crippen molar-refractivity contribution in [2.24, 2.45) is 0 Å². The summed E-state index contributed by atoms with van der Waals surface area (Å²) in [7, 11) is 0. The molecule has 0 aliphatic carbocycles. The maximum atomic E-state index is 11.3. The number of aromatic carboxylic acids is 4. The zero-order chi connectivity index (χ0) is 16.6. The Bertz CT molecular complexity index is 714. The van der Waals surface area contributed by atoms with E-state index in [0.717, 1.165) is 24.3 Å². The van der Waals surface area contributed by atoms with Crippen LogP contribution in [0.1, 0.15) is 41.4 Å². The van der Waals surface area contributed by atoms with E-state index in [-0.39, 0.29) is 5.48 Å². The number of carboxylic acid groups (broad SMARTS) is 4. The molecule has 0 saturated heterocycles. The predicted octanol–water partition coefficient (Wildman–Crippen LogP) is 0.808. The molecular formula is C14H10O9. The molecule has 0 aromatic heterocycles. The van der Waals surface area contributed by atoms with Gasteiger partial charge < -0.3 is 25.9 Å². The summed E-state index contributed by atoms with van der Waals surface area (Å²) < 4.78 is 0. The molecule has 0 saturated carbocycles. The normalized spacial score (nSPS) is 9.91. The molecule has 9 heteroatoms. The highest BCUT2D eigenvalue weighted by molar-refractivity contribution is 6.21. The van der Waals surface area contributed by atoms with Gasteiger partial charge in [-0.1, -0.05) is 0 Å². The smallest absolute Gasteiger partial charge is 0.336 e. The fraction of sp³-hybridized carbons (Fsp3) is 0. The molecule has 0 fully saturated rings. The topological polar surface area (TPSA) is 181 Å². The van der Waals surface area contributed by atoms with E-state index in [1.807, 2.05) is 0 Å². The van der Waals surface area contributed by atoms with Crippen LogP contribution in [0.4, 0.5) is 0 Å². The van der Waals surface area contributed by atoms with Crippen LogP contribution in [-0.2, 0) is 0 Å². The van der Waals surface area contributed by atoms with E-state index in [0.29, 0.717) is 0 Å². The Morgan fingerprint density at radius 1 is 0.522 bits per heavy atom. The Labute approximate surface area is 127 Å². The van der Waals surface area contributed by atoms with Gasteiger partial charge in [0, 0.05) is 10.8 Å². The molecule has 2 aromatic carbocycles. The average Bonchev–Trinajstić information content (AvgIpc) is 2.43. The Kier molecular flexibility index (Phi) is 4.68. The number of carboxylic acids is 4. The number of benzene rings is 2. The number of hydrogen-bond donors (Lipinski definition) is 4. The molecule has 9 nitrogen and oxygen atoms in total. The second-order valence-corrected chi connectivity index (χ2v) is 4.29. The fourth-order valence-electron chi connectivity index (χ4n) is 2.21. The molecule has 0 amide bonds. The zero-order valence-electron chi connectivity index (χ0n) is 11.2. The number of hydrogen-bond acceptors (Lipinski definition) is 4. The fourth-order valence-corrected chi connectivity index (χ4v) is 2.21. The van der Waals surface area contributed by atoms with Crippen molar-refractivity contribution in [3.8, 4) is 0 Å². The summed E-state index contributed by atoms with van der Waals surface area (Å²) in [6.45, 7) is 0. The molecular weight excluding hydrogens is 312 g/mol. The van der Waals surface area contributed by atoms with Crippen molar-refractivity contribution >= 4 is 34.6 Å².